The molecule has 7 nitrogen and oxygen atoms in total. The third-order valence-electron chi connectivity index (χ3n) is 7.53. The van der Waals surface area contributed by atoms with Gasteiger partial charge in [-0.25, -0.2) is 10.4 Å². The number of halogens is 4. The van der Waals surface area contributed by atoms with Crippen LogP contribution in [-0.4, -0.2) is 35.7 Å². The van der Waals surface area contributed by atoms with Gasteiger partial charge in [0.15, 0.2) is 11.6 Å². The lowest BCUT2D eigenvalue weighted by Gasteiger charge is -2.30. The van der Waals surface area contributed by atoms with Gasteiger partial charge in [-0.05, 0) is 53.6 Å². The van der Waals surface area contributed by atoms with Gasteiger partial charge in [0.2, 0.25) is 5.90 Å². The molecule has 0 saturated carbocycles. The molecule has 0 radical (unpaired) electrons. The second kappa shape index (κ2) is 15.4. The van der Waals surface area contributed by atoms with Crippen molar-refractivity contribution in [1.29, 1.82) is 0 Å². The van der Waals surface area contributed by atoms with Crippen molar-refractivity contribution in [2.45, 2.75) is 37.2 Å². The Morgan fingerprint density at radius 1 is 0.979 bits per heavy atom. The molecule has 244 valence electrons. The van der Waals surface area contributed by atoms with E-state index in [-0.39, 0.29) is 25.5 Å². The van der Waals surface area contributed by atoms with Crippen LogP contribution in [0, 0.1) is 0 Å². The minimum atomic E-state index is -4.44. The molecule has 2 atom stereocenters. The van der Waals surface area contributed by atoms with E-state index in [0.717, 1.165) is 22.2 Å². The van der Waals surface area contributed by atoms with Crippen LogP contribution >= 0.6 is 15.9 Å². The summed E-state index contributed by atoms with van der Waals surface area (Å²) in [5, 5.41) is 9.04. The monoisotopic (exact) mass is 707 g/mol. The number of nitrogens with one attached hydrogen (secondary N) is 2. The lowest BCUT2D eigenvalue weighted by molar-refractivity contribution is -0.137. The molecular weight excluding hydrogens is 675 g/mol. The molecule has 1 aliphatic rings. The fourth-order valence-electron chi connectivity index (χ4n) is 5.07. The molecule has 0 bridgehead atoms. The summed E-state index contributed by atoms with van der Waals surface area (Å²) in [5.74, 6) is 0.394. The maximum Gasteiger partial charge on any atom is 0.416 e. The van der Waals surface area contributed by atoms with E-state index < -0.39 is 29.3 Å². The van der Waals surface area contributed by atoms with Gasteiger partial charge in [0.05, 0.1) is 12.2 Å². The first-order valence-corrected chi connectivity index (χ1v) is 15.7. The molecule has 47 heavy (non-hydrogen) atoms. The Balaban J connectivity index is 1.46. The largest absolute Gasteiger partial charge is 0.494 e. The predicted molar refractivity (Wildman–Crippen MR) is 177 cm³/mol. The second-order valence-electron chi connectivity index (χ2n) is 10.8. The first-order valence-electron chi connectivity index (χ1n) is 15.0. The molecular formula is C36H33BrF3N3O4. The summed E-state index contributed by atoms with van der Waals surface area (Å²) in [7, 11) is 0. The number of rotatable bonds is 13. The van der Waals surface area contributed by atoms with Crippen LogP contribution in [0.2, 0.25) is 0 Å². The highest BCUT2D eigenvalue weighted by molar-refractivity contribution is 9.10. The number of hydrogen-bond acceptors (Lipinski definition) is 6. The third-order valence-corrected chi connectivity index (χ3v) is 8.25. The number of aliphatic imine (C=N–C) groups is 1. The van der Waals surface area contributed by atoms with Crippen molar-refractivity contribution in [2.75, 3.05) is 13.2 Å². The Morgan fingerprint density at radius 3 is 2.36 bits per heavy atom. The van der Waals surface area contributed by atoms with E-state index >= 15 is 0 Å². The van der Waals surface area contributed by atoms with Crippen molar-refractivity contribution < 1.29 is 32.5 Å². The van der Waals surface area contributed by atoms with E-state index in [1.54, 1.807) is 24.3 Å². The SMILES string of the molecule is O=C(NNCc1ccc(C(F)(F)F)cc1)[C@@]1(C/C=C/c2ccccc2)N=C(c2ccc(OCCCO)cc2)O[C@H]1c1ccccc1Br. The Kier molecular flexibility index (Phi) is 11.1. The van der Waals surface area contributed by atoms with Crippen LogP contribution in [0.25, 0.3) is 6.08 Å². The molecule has 0 unspecified atom stereocenters. The summed E-state index contributed by atoms with van der Waals surface area (Å²) in [6.45, 7) is 0.476. The molecule has 1 aliphatic heterocycles. The molecule has 5 rings (SSSR count). The van der Waals surface area contributed by atoms with Gasteiger partial charge in [-0.15, -0.1) is 0 Å². The molecule has 1 heterocycles. The Bertz CT molecular complexity index is 1700. The number of carbonyl (C=O) groups is 1. The number of benzene rings is 4. The van der Waals surface area contributed by atoms with Crippen LogP contribution < -0.4 is 15.6 Å². The average Bonchev–Trinajstić information content (AvgIpc) is 3.46. The maximum atomic E-state index is 14.3. The average molecular weight is 709 g/mol. The highest BCUT2D eigenvalue weighted by Crippen LogP contribution is 2.45. The number of aliphatic hydroxyl groups excluding tert-OH is 1. The number of hydrazine groups is 1. The molecule has 0 aliphatic carbocycles. The van der Waals surface area contributed by atoms with E-state index in [1.807, 2.05) is 66.7 Å². The zero-order valence-corrected chi connectivity index (χ0v) is 26.8. The normalized spacial score (nSPS) is 17.7. The van der Waals surface area contributed by atoms with Gasteiger partial charge in [-0.3, -0.25) is 10.2 Å². The number of aliphatic hydroxyl groups is 1. The van der Waals surface area contributed by atoms with Crippen molar-refractivity contribution >= 4 is 33.8 Å². The Labute approximate surface area is 279 Å². The zero-order valence-electron chi connectivity index (χ0n) is 25.2. The lowest BCUT2D eigenvalue weighted by Crippen LogP contribution is -2.52. The molecule has 4 aromatic rings. The maximum absolute atomic E-state index is 14.3. The zero-order chi connectivity index (χ0) is 33.3. The fraction of sp³-hybridized carbons (Fsp3) is 0.222. The van der Waals surface area contributed by atoms with Gasteiger partial charge in [-0.1, -0.05) is 88.7 Å². The van der Waals surface area contributed by atoms with E-state index in [9.17, 15) is 18.0 Å². The number of carbonyl (C=O) groups excluding carboxylic acids is 1. The third kappa shape index (κ3) is 8.48. The van der Waals surface area contributed by atoms with Crippen LogP contribution in [-0.2, 0) is 22.3 Å². The summed E-state index contributed by atoms with van der Waals surface area (Å²) < 4.78 is 52.0. The minimum Gasteiger partial charge on any atom is -0.494 e. The highest BCUT2D eigenvalue weighted by Gasteiger charge is 2.53. The van der Waals surface area contributed by atoms with Gasteiger partial charge in [-0.2, -0.15) is 13.2 Å². The molecule has 3 N–H and O–H groups in total. The van der Waals surface area contributed by atoms with Gasteiger partial charge in [0, 0.05) is 41.6 Å². The van der Waals surface area contributed by atoms with Crippen LogP contribution in [0.1, 0.15) is 46.8 Å². The first-order chi connectivity index (χ1) is 22.7. The van der Waals surface area contributed by atoms with Crippen LogP contribution in [0.3, 0.4) is 0 Å². The van der Waals surface area contributed by atoms with Crippen molar-refractivity contribution in [3.05, 3.63) is 141 Å². The number of hydrogen-bond donors (Lipinski definition) is 3. The molecule has 1 amide bonds. The van der Waals surface area contributed by atoms with Crippen molar-refractivity contribution in [3.63, 3.8) is 0 Å². The summed E-state index contributed by atoms with van der Waals surface area (Å²) >= 11 is 3.62. The number of amides is 1. The van der Waals surface area contributed by atoms with Crippen LogP contribution in [0.5, 0.6) is 5.75 Å². The number of alkyl halides is 3. The summed E-state index contributed by atoms with van der Waals surface area (Å²) in [4.78, 5) is 19.2. The quantitative estimate of drug-likeness (QED) is 0.0995. The first kappa shape index (κ1) is 33.9. The minimum absolute atomic E-state index is 0.0290. The molecule has 11 heteroatoms. The molecule has 0 spiro atoms. The predicted octanol–water partition coefficient (Wildman–Crippen LogP) is 7.41. The van der Waals surface area contributed by atoms with Gasteiger partial charge in [0.1, 0.15) is 5.75 Å². The highest BCUT2D eigenvalue weighted by atomic mass is 79.9. The van der Waals surface area contributed by atoms with Gasteiger partial charge >= 0.3 is 6.18 Å². The van der Waals surface area contributed by atoms with Crippen molar-refractivity contribution in [2.24, 2.45) is 4.99 Å². The Hall–Kier alpha value is -4.45. The Morgan fingerprint density at radius 2 is 1.68 bits per heavy atom. The number of nitrogens with zero attached hydrogens (tertiary/aromatic N) is 1. The van der Waals surface area contributed by atoms with Gasteiger partial charge < -0.3 is 14.6 Å². The second-order valence-corrected chi connectivity index (χ2v) is 11.7. The molecule has 0 aromatic heterocycles. The molecule has 0 fully saturated rings. The number of ether oxygens (including phenoxy) is 2. The lowest BCUT2D eigenvalue weighted by atomic mass is 9.84. The van der Waals surface area contributed by atoms with Crippen molar-refractivity contribution in [1.82, 2.24) is 10.9 Å². The van der Waals surface area contributed by atoms with Gasteiger partial charge in [0.25, 0.3) is 5.91 Å². The topological polar surface area (TPSA) is 92.2 Å². The molecule has 0 saturated heterocycles. The van der Waals surface area contributed by atoms with E-state index in [1.165, 1.54) is 12.1 Å². The van der Waals surface area contributed by atoms with Crippen molar-refractivity contribution in [3.8, 4) is 5.75 Å². The molecule has 4 aromatic carbocycles. The van der Waals surface area contributed by atoms with E-state index in [0.29, 0.717) is 35.5 Å². The standard InChI is InChI=1S/C36H33BrF3N3O4/c37-31-12-5-4-11-30(31)32-35(21-6-10-25-8-2-1-3-9-25,34(45)43-41-24-26-13-17-28(18-14-26)36(38,39)40)42-33(47-32)27-15-19-29(20-16-27)46-23-7-22-44/h1-6,8-20,32,41,44H,7,21-24H2,(H,43,45)/b10-6+/t32-,35-/m0/s1. The summed E-state index contributed by atoms with van der Waals surface area (Å²) in [6.07, 6.45) is -0.830. The van der Waals surface area contributed by atoms with E-state index in [4.69, 9.17) is 19.6 Å². The fourth-order valence-corrected chi connectivity index (χ4v) is 5.56. The summed E-state index contributed by atoms with van der Waals surface area (Å²) in [6, 6.07) is 28.9. The van der Waals surface area contributed by atoms with Crippen LogP contribution in [0.15, 0.2) is 119 Å². The van der Waals surface area contributed by atoms with E-state index in [2.05, 4.69) is 26.8 Å². The smallest absolute Gasteiger partial charge is 0.416 e. The summed E-state index contributed by atoms with van der Waals surface area (Å²) in [5.41, 5.74) is 6.23. The van der Waals surface area contributed by atoms with Crippen LogP contribution in [0.4, 0.5) is 13.2 Å².